The molecule has 3 heteroatoms. The number of nitrogens with one attached hydrogen (secondary N) is 1. The second-order valence-electron chi connectivity index (χ2n) is 4.76. The van der Waals surface area contributed by atoms with Crippen molar-refractivity contribution in [3.05, 3.63) is 66.0 Å². The molecule has 0 saturated carbocycles. The molecule has 0 saturated heterocycles. The number of nitrogens with zero attached hydrogens (tertiary/aromatic N) is 1. The van der Waals surface area contributed by atoms with Crippen LogP contribution in [0, 0.1) is 0 Å². The lowest BCUT2D eigenvalue weighted by Gasteiger charge is -2.26. The number of hydrogen-bond donors (Lipinski definition) is 2. The smallest absolute Gasteiger partial charge is 0.0319 e. The van der Waals surface area contributed by atoms with Crippen LogP contribution in [0.3, 0.4) is 0 Å². The summed E-state index contributed by atoms with van der Waals surface area (Å²) in [5, 5.41) is 0. The van der Waals surface area contributed by atoms with Crippen molar-refractivity contribution in [2.24, 2.45) is 5.84 Å². The quantitative estimate of drug-likeness (QED) is 0.616. The van der Waals surface area contributed by atoms with Gasteiger partial charge < -0.3 is 0 Å². The predicted octanol–water partition coefficient (Wildman–Crippen LogP) is 2.65. The fourth-order valence-electron chi connectivity index (χ4n) is 2.54. The lowest BCUT2D eigenvalue weighted by atomic mass is 9.86. The van der Waals surface area contributed by atoms with Crippen molar-refractivity contribution < 1.29 is 0 Å². The van der Waals surface area contributed by atoms with Crippen LogP contribution >= 0.6 is 0 Å². The third kappa shape index (κ3) is 3.63. The highest BCUT2D eigenvalue weighted by Crippen LogP contribution is 2.25. The summed E-state index contributed by atoms with van der Waals surface area (Å²) >= 11 is 0. The van der Waals surface area contributed by atoms with Gasteiger partial charge in [-0.15, -0.1) is 0 Å². The molecule has 0 aliphatic heterocycles. The Morgan fingerprint density at radius 2 is 1.79 bits per heavy atom. The molecule has 0 fully saturated rings. The van der Waals surface area contributed by atoms with Crippen molar-refractivity contribution in [3.63, 3.8) is 0 Å². The third-order valence-electron chi connectivity index (χ3n) is 3.57. The Morgan fingerprint density at radius 3 is 2.37 bits per heavy atom. The van der Waals surface area contributed by atoms with Crippen LogP contribution in [-0.2, 0) is 6.42 Å². The molecule has 1 heterocycles. The van der Waals surface area contributed by atoms with Gasteiger partial charge in [-0.05, 0) is 36.1 Å². The number of benzene rings is 1. The van der Waals surface area contributed by atoms with Gasteiger partial charge in [-0.2, -0.15) is 0 Å². The van der Waals surface area contributed by atoms with Crippen LogP contribution in [0.1, 0.15) is 30.4 Å². The van der Waals surface area contributed by atoms with Gasteiger partial charge in [0.25, 0.3) is 0 Å². The second kappa shape index (κ2) is 7.02. The van der Waals surface area contributed by atoms with Gasteiger partial charge >= 0.3 is 0 Å². The first-order valence-corrected chi connectivity index (χ1v) is 6.75. The van der Waals surface area contributed by atoms with E-state index in [2.05, 4.69) is 41.6 Å². The molecule has 0 aliphatic carbocycles. The summed E-state index contributed by atoms with van der Waals surface area (Å²) in [7, 11) is 0. The van der Waals surface area contributed by atoms with Gasteiger partial charge in [0, 0.05) is 24.4 Å². The Labute approximate surface area is 114 Å². The van der Waals surface area contributed by atoms with Gasteiger partial charge in [-0.1, -0.05) is 37.3 Å². The zero-order valence-corrected chi connectivity index (χ0v) is 11.3. The third-order valence-corrected chi connectivity index (χ3v) is 3.57. The van der Waals surface area contributed by atoms with E-state index in [1.54, 1.807) is 0 Å². The number of pyridine rings is 1. The molecule has 100 valence electrons. The molecule has 1 aromatic carbocycles. The van der Waals surface area contributed by atoms with Crippen LogP contribution in [0.15, 0.2) is 54.9 Å². The molecule has 19 heavy (non-hydrogen) atoms. The molecule has 0 aliphatic rings. The molecule has 0 spiro atoms. The Morgan fingerprint density at radius 1 is 1.11 bits per heavy atom. The van der Waals surface area contributed by atoms with Crippen molar-refractivity contribution in [2.75, 3.05) is 0 Å². The van der Waals surface area contributed by atoms with Crippen molar-refractivity contribution in [3.8, 4) is 0 Å². The lowest BCUT2D eigenvalue weighted by molar-refractivity contribution is 0.427. The highest BCUT2D eigenvalue weighted by atomic mass is 15.2. The zero-order chi connectivity index (χ0) is 13.5. The largest absolute Gasteiger partial charge is 0.271 e. The Balaban J connectivity index is 2.15. The summed E-state index contributed by atoms with van der Waals surface area (Å²) in [5.74, 6) is 6.18. The monoisotopic (exact) mass is 255 g/mol. The number of nitrogens with two attached hydrogens (primary N) is 1. The van der Waals surface area contributed by atoms with E-state index in [-0.39, 0.29) is 6.04 Å². The average Bonchev–Trinajstić information content (AvgIpc) is 2.49. The molecule has 0 radical (unpaired) electrons. The van der Waals surface area contributed by atoms with Crippen LogP contribution in [0.4, 0.5) is 0 Å². The molecule has 2 atom stereocenters. The first kappa shape index (κ1) is 13.7. The van der Waals surface area contributed by atoms with Crippen LogP contribution < -0.4 is 11.3 Å². The minimum Gasteiger partial charge on any atom is -0.271 e. The number of aromatic nitrogens is 1. The highest BCUT2D eigenvalue weighted by Gasteiger charge is 2.20. The minimum atomic E-state index is 0.231. The summed E-state index contributed by atoms with van der Waals surface area (Å²) in [5.41, 5.74) is 5.57. The second-order valence-corrected chi connectivity index (χ2v) is 4.76. The van der Waals surface area contributed by atoms with Crippen molar-refractivity contribution >= 4 is 0 Å². The maximum atomic E-state index is 5.77. The highest BCUT2D eigenvalue weighted by molar-refractivity contribution is 5.23. The van der Waals surface area contributed by atoms with Crippen LogP contribution in [0.2, 0.25) is 0 Å². The molecule has 1 aromatic heterocycles. The van der Waals surface area contributed by atoms with E-state index >= 15 is 0 Å². The van der Waals surface area contributed by atoms with Crippen LogP contribution in [-0.4, -0.2) is 11.0 Å². The topological polar surface area (TPSA) is 50.9 Å². The fraction of sp³-hybridized carbons (Fsp3) is 0.312. The Hall–Kier alpha value is -1.71. The van der Waals surface area contributed by atoms with E-state index in [4.69, 9.17) is 5.84 Å². The summed E-state index contributed by atoms with van der Waals surface area (Å²) < 4.78 is 0. The van der Waals surface area contributed by atoms with E-state index in [1.165, 1.54) is 11.1 Å². The maximum Gasteiger partial charge on any atom is 0.0319 e. The molecule has 0 amide bonds. The predicted molar refractivity (Wildman–Crippen MR) is 78.5 cm³/mol. The van der Waals surface area contributed by atoms with Gasteiger partial charge in [0.15, 0.2) is 0 Å². The summed E-state index contributed by atoms with van der Waals surface area (Å²) in [6.45, 7) is 2.20. The molecule has 3 nitrogen and oxygen atoms in total. The Kier molecular flexibility index (Phi) is 5.07. The van der Waals surface area contributed by atoms with Crippen LogP contribution in [0.25, 0.3) is 0 Å². The zero-order valence-electron chi connectivity index (χ0n) is 11.3. The van der Waals surface area contributed by atoms with E-state index in [0.717, 1.165) is 12.8 Å². The standard InChI is InChI=1S/C16H21N3/c1-2-15(14-6-4-3-5-7-14)16(19-17)12-13-8-10-18-11-9-13/h3-11,15-16,19H,2,12,17H2,1H3. The van der Waals surface area contributed by atoms with E-state index < -0.39 is 0 Å². The van der Waals surface area contributed by atoms with E-state index in [0.29, 0.717) is 5.92 Å². The first-order valence-electron chi connectivity index (χ1n) is 6.75. The number of hydrogen-bond acceptors (Lipinski definition) is 3. The lowest BCUT2D eigenvalue weighted by Crippen LogP contribution is -2.41. The van der Waals surface area contributed by atoms with Gasteiger partial charge in [-0.3, -0.25) is 16.3 Å². The van der Waals surface area contributed by atoms with Gasteiger partial charge in [-0.25, -0.2) is 0 Å². The van der Waals surface area contributed by atoms with Gasteiger partial charge in [0.1, 0.15) is 0 Å². The van der Waals surface area contributed by atoms with Crippen LogP contribution in [0.5, 0.6) is 0 Å². The molecule has 0 bridgehead atoms. The minimum absolute atomic E-state index is 0.231. The Bertz CT molecular complexity index is 470. The molecule has 2 aromatic rings. The van der Waals surface area contributed by atoms with E-state index in [9.17, 15) is 0 Å². The molecule has 2 unspecified atom stereocenters. The summed E-state index contributed by atoms with van der Waals surface area (Å²) in [4.78, 5) is 4.05. The van der Waals surface area contributed by atoms with Crippen molar-refractivity contribution in [2.45, 2.75) is 31.7 Å². The first-order chi connectivity index (χ1) is 9.35. The number of rotatable bonds is 6. The fourth-order valence-corrected chi connectivity index (χ4v) is 2.54. The normalized spacial score (nSPS) is 14.0. The molecular weight excluding hydrogens is 234 g/mol. The molecular formula is C16H21N3. The van der Waals surface area contributed by atoms with Crippen molar-refractivity contribution in [1.29, 1.82) is 0 Å². The van der Waals surface area contributed by atoms with Gasteiger partial charge in [0.2, 0.25) is 0 Å². The number of hydrazine groups is 1. The summed E-state index contributed by atoms with van der Waals surface area (Å²) in [6, 6.07) is 14.9. The van der Waals surface area contributed by atoms with E-state index in [1.807, 2.05) is 30.6 Å². The SMILES string of the molecule is CCC(c1ccccc1)C(Cc1ccncc1)NN. The molecule has 2 rings (SSSR count). The van der Waals surface area contributed by atoms with Gasteiger partial charge in [0.05, 0.1) is 0 Å². The molecule has 3 N–H and O–H groups in total. The summed E-state index contributed by atoms with van der Waals surface area (Å²) in [6.07, 6.45) is 5.62. The average molecular weight is 255 g/mol. The maximum absolute atomic E-state index is 5.77. The van der Waals surface area contributed by atoms with Crippen molar-refractivity contribution in [1.82, 2.24) is 10.4 Å².